The van der Waals surface area contributed by atoms with E-state index in [0.717, 1.165) is 6.26 Å². The van der Waals surface area contributed by atoms with Gasteiger partial charge in [-0.2, -0.15) is 18.2 Å². The van der Waals surface area contributed by atoms with Crippen molar-refractivity contribution in [3.63, 3.8) is 0 Å². The fourth-order valence-electron chi connectivity index (χ4n) is 3.99. The van der Waals surface area contributed by atoms with Crippen LogP contribution in [-0.4, -0.2) is 46.3 Å². The van der Waals surface area contributed by atoms with Gasteiger partial charge in [0.05, 0.1) is 17.0 Å². The lowest BCUT2D eigenvalue weighted by Crippen LogP contribution is -2.39. The van der Waals surface area contributed by atoms with Crippen molar-refractivity contribution in [2.45, 2.75) is 36.9 Å². The van der Waals surface area contributed by atoms with Crippen LogP contribution in [0.15, 0.2) is 54.9 Å². The summed E-state index contributed by atoms with van der Waals surface area (Å²) in [6.45, 7) is 0.154. The van der Waals surface area contributed by atoms with Crippen molar-refractivity contribution >= 4 is 32.6 Å². The highest BCUT2D eigenvalue weighted by atomic mass is 32.2. The minimum absolute atomic E-state index is 0.0582. The van der Waals surface area contributed by atoms with Gasteiger partial charge >= 0.3 is 6.18 Å². The molecule has 3 heterocycles. The van der Waals surface area contributed by atoms with Crippen LogP contribution >= 0.6 is 0 Å². The number of sulfone groups is 1. The van der Waals surface area contributed by atoms with Crippen LogP contribution in [0.1, 0.15) is 24.0 Å². The molecule has 1 aromatic carbocycles. The number of hydrogen-bond donors (Lipinski definition) is 2. The summed E-state index contributed by atoms with van der Waals surface area (Å²) >= 11 is 0. The molecular weight excluding hydrogens is 524 g/mol. The maximum absolute atomic E-state index is 13.8. The van der Waals surface area contributed by atoms with Crippen molar-refractivity contribution in [1.29, 1.82) is 0 Å². The molecule has 8 nitrogen and oxygen atoms in total. The Balaban J connectivity index is 1.49. The zero-order chi connectivity index (χ0) is 27.1. The molecule has 1 aliphatic rings. The molecule has 1 fully saturated rings. The number of pyridine rings is 2. The third-order valence-electron chi connectivity index (χ3n) is 6.06. The Morgan fingerprint density at radius 2 is 1.68 bits per heavy atom. The summed E-state index contributed by atoms with van der Waals surface area (Å²) in [6.07, 6.45) is -0.562. The predicted molar refractivity (Wildman–Crippen MR) is 134 cm³/mol. The number of alkyl halides is 3. The molecule has 198 valence electrons. The van der Waals surface area contributed by atoms with E-state index in [1.54, 1.807) is 24.4 Å². The smallest absolute Gasteiger partial charge is 0.354 e. The van der Waals surface area contributed by atoms with Crippen LogP contribution in [-0.2, 0) is 22.1 Å². The molecule has 13 heteroatoms. The van der Waals surface area contributed by atoms with E-state index in [9.17, 15) is 26.0 Å². The van der Waals surface area contributed by atoms with E-state index in [4.69, 9.17) is 0 Å². The van der Waals surface area contributed by atoms with Crippen LogP contribution in [0.2, 0.25) is 0 Å². The van der Waals surface area contributed by atoms with E-state index in [1.807, 2.05) is 0 Å². The molecule has 1 aliphatic carbocycles. The van der Waals surface area contributed by atoms with Crippen molar-refractivity contribution < 1.29 is 26.0 Å². The fraction of sp³-hybridized carbons (Fsp3) is 0.280. The molecule has 0 atom stereocenters. The Labute approximate surface area is 215 Å². The maximum atomic E-state index is 13.8. The minimum Gasteiger partial charge on any atom is -0.354 e. The molecule has 1 saturated carbocycles. The van der Waals surface area contributed by atoms with Gasteiger partial charge in [0.15, 0.2) is 15.7 Å². The van der Waals surface area contributed by atoms with E-state index < -0.39 is 27.4 Å². The lowest BCUT2D eigenvalue weighted by molar-refractivity contribution is -0.151. The van der Waals surface area contributed by atoms with Gasteiger partial charge in [0.25, 0.3) is 0 Å². The quantitative estimate of drug-likeness (QED) is 0.301. The monoisotopic (exact) mass is 546 g/mol. The van der Waals surface area contributed by atoms with Crippen LogP contribution in [0, 0.1) is 5.82 Å². The molecule has 0 radical (unpaired) electrons. The molecule has 3 aromatic heterocycles. The van der Waals surface area contributed by atoms with E-state index in [0.29, 0.717) is 27.9 Å². The lowest BCUT2D eigenvalue weighted by Gasteiger charge is -2.22. The van der Waals surface area contributed by atoms with Gasteiger partial charge in [0.2, 0.25) is 5.95 Å². The topological polar surface area (TPSA) is 110 Å². The van der Waals surface area contributed by atoms with Crippen molar-refractivity contribution in [1.82, 2.24) is 19.9 Å². The molecule has 0 spiro atoms. The lowest BCUT2D eigenvalue weighted by atomic mass is 10.1. The summed E-state index contributed by atoms with van der Waals surface area (Å²) in [5, 5.41) is 5.53. The number of rotatable bonds is 8. The van der Waals surface area contributed by atoms with Crippen molar-refractivity contribution in [2.24, 2.45) is 0 Å². The number of fused-ring (bicyclic) bond motifs is 1. The fourth-order valence-corrected chi connectivity index (χ4v) is 4.76. The Hall–Kier alpha value is -3.87. The average molecular weight is 547 g/mol. The highest BCUT2D eigenvalue weighted by Crippen LogP contribution is 2.51. The van der Waals surface area contributed by atoms with Gasteiger partial charge in [-0.25, -0.2) is 22.8 Å². The first kappa shape index (κ1) is 25.8. The van der Waals surface area contributed by atoms with Crippen LogP contribution in [0.5, 0.6) is 0 Å². The van der Waals surface area contributed by atoms with E-state index >= 15 is 0 Å². The maximum Gasteiger partial charge on any atom is 0.411 e. The zero-order valence-corrected chi connectivity index (χ0v) is 20.9. The summed E-state index contributed by atoms with van der Waals surface area (Å²) in [7, 11) is -3.25. The highest BCUT2D eigenvalue weighted by molar-refractivity contribution is 7.89. The summed E-state index contributed by atoms with van der Waals surface area (Å²) in [5.41, 5.74) is 0.510. The second-order valence-corrected chi connectivity index (χ2v) is 11.4. The van der Waals surface area contributed by atoms with Gasteiger partial charge in [-0.15, -0.1) is 0 Å². The summed E-state index contributed by atoms with van der Waals surface area (Å²) in [4.78, 5) is 17.3. The van der Waals surface area contributed by atoms with Gasteiger partial charge in [0, 0.05) is 30.8 Å². The number of nitrogens with one attached hydrogen (secondary N) is 2. The number of anilines is 2. The summed E-state index contributed by atoms with van der Waals surface area (Å²) < 4.78 is 77.8. The number of benzene rings is 1. The Kier molecular flexibility index (Phi) is 6.41. The van der Waals surface area contributed by atoms with Gasteiger partial charge in [-0.1, -0.05) is 0 Å². The third kappa shape index (κ3) is 5.67. The average Bonchev–Trinajstić information content (AvgIpc) is 3.63. The molecule has 0 bridgehead atoms. The molecule has 0 unspecified atom stereocenters. The van der Waals surface area contributed by atoms with Crippen LogP contribution in [0.4, 0.5) is 29.3 Å². The van der Waals surface area contributed by atoms with E-state index in [2.05, 4.69) is 30.6 Å². The zero-order valence-electron chi connectivity index (χ0n) is 20.1. The second-order valence-electron chi connectivity index (χ2n) is 9.30. The van der Waals surface area contributed by atoms with Crippen molar-refractivity contribution in [3.05, 3.63) is 71.8 Å². The molecule has 0 saturated heterocycles. The summed E-state index contributed by atoms with van der Waals surface area (Å²) in [5.74, 6) is -0.618. The SMILES string of the molecule is CS(=O)(=O)Cc1cncc(CNc2nc(NC3(C(F)(F)F)CC3)c3nc(-c4ccc(F)cc4)ccc3n2)c1. The second kappa shape index (κ2) is 9.46. The normalized spacial score (nSPS) is 14.9. The number of nitrogens with zero attached hydrogens (tertiary/aromatic N) is 4. The molecule has 4 aromatic rings. The number of aromatic nitrogens is 4. The third-order valence-corrected chi connectivity index (χ3v) is 6.92. The molecule has 0 amide bonds. The van der Waals surface area contributed by atoms with Crippen LogP contribution in [0.3, 0.4) is 0 Å². The Morgan fingerprint density at radius 3 is 2.34 bits per heavy atom. The minimum atomic E-state index is -4.49. The Bertz CT molecular complexity index is 1610. The Morgan fingerprint density at radius 1 is 0.974 bits per heavy atom. The highest BCUT2D eigenvalue weighted by Gasteiger charge is 2.64. The first-order chi connectivity index (χ1) is 17.9. The predicted octanol–water partition coefficient (Wildman–Crippen LogP) is 4.89. The van der Waals surface area contributed by atoms with Crippen LogP contribution in [0.25, 0.3) is 22.3 Å². The number of halogens is 4. The van der Waals surface area contributed by atoms with E-state index in [1.165, 1.54) is 30.5 Å². The molecule has 38 heavy (non-hydrogen) atoms. The molecule has 0 aliphatic heterocycles. The van der Waals surface area contributed by atoms with Crippen molar-refractivity contribution in [2.75, 3.05) is 16.9 Å². The first-order valence-electron chi connectivity index (χ1n) is 11.5. The van der Waals surface area contributed by atoms with Crippen molar-refractivity contribution in [3.8, 4) is 11.3 Å². The standard InChI is InChI=1S/C25H22F4N6O2S/c1-38(36,37)14-16-10-15(11-30-12-16)13-31-23-33-20-7-6-19(17-2-4-18(26)5-3-17)32-21(20)22(34-23)35-24(8-9-24)25(27,28)29/h2-7,10-12H,8-9,13-14H2,1H3,(H2,31,33,34,35). The van der Waals surface area contributed by atoms with Gasteiger partial charge < -0.3 is 10.6 Å². The number of hydrogen-bond acceptors (Lipinski definition) is 8. The summed E-state index contributed by atoms with van der Waals surface area (Å²) in [6, 6.07) is 10.5. The van der Waals surface area contributed by atoms with Gasteiger partial charge in [0.1, 0.15) is 16.9 Å². The largest absolute Gasteiger partial charge is 0.411 e. The van der Waals surface area contributed by atoms with Gasteiger partial charge in [-0.3, -0.25) is 4.98 Å². The molecule has 5 rings (SSSR count). The first-order valence-corrected chi connectivity index (χ1v) is 13.6. The molecule has 2 N–H and O–H groups in total. The van der Waals surface area contributed by atoms with Gasteiger partial charge in [-0.05, 0) is 66.4 Å². The van der Waals surface area contributed by atoms with E-state index in [-0.39, 0.29) is 42.4 Å². The van der Waals surface area contributed by atoms with Crippen LogP contribution < -0.4 is 10.6 Å². The molecular formula is C25H22F4N6O2S.